The van der Waals surface area contributed by atoms with Crippen molar-refractivity contribution in [2.45, 2.75) is 32.2 Å². The quantitative estimate of drug-likeness (QED) is 0.817. The summed E-state index contributed by atoms with van der Waals surface area (Å²) in [6.07, 6.45) is 3.48. The van der Waals surface area contributed by atoms with Gasteiger partial charge in [-0.2, -0.15) is 0 Å². The number of hydrogen-bond acceptors (Lipinski definition) is 2. The van der Waals surface area contributed by atoms with E-state index in [9.17, 15) is 8.78 Å². The molecule has 1 fully saturated rings. The molecule has 0 spiro atoms. The highest BCUT2D eigenvalue weighted by Gasteiger charge is 2.43. The molecule has 18 heavy (non-hydrogen) atoms. The number of likely N-dealkylation sites (tertiary alicyclic amines) is 1. The van der Waals surface area contributed by atoms with E-state index in [0.717, 1.165) is 16.8 Å². The van der Waals surface area contributed by atoms with Crippen LogP contribution in [0.25, 0.3) is 6.08 Å². The van der Waals surface area contributed by atoms with Crippen LogP contribution in [-0.2, 0) is 6.54 Å². The van der Waals surface area contributed by atoms with E-state index in [1.165, 1.54) is 0 Å². The molecule has 0 saturated carbocycles. The summed E-state index contributed by atoms with van der Waals surface area (Å²) in [7, 11) is 0. The van der Waals surface area contributed by atoms with Crippen molar-refractivity contribution in [1.29, 1.82) is 0 Å². The fourth-order valence-electron chi connectivity index (χ4n) is 2.26. The van der Waals surface area contributed by atoms with Gasteiger partial charge in [0.1, 0.15) is 0 Å². The molecule has 0 bridgehead atoms. The molecule has 2 nitrogen and oxygen atoms in total. The van der Waals surface area contributed by atoms with Gasteiger partial charge in [-0.05, 0) is 29.2 Å². The summed E-state index contributed by atoms with van der Waals surface area (Å²) in [5.41, 5.74) is 3.03. The maximum absolute atomic E-state index is 12.8. The molecule has 0 aromatic carbocycles. The van der Waals surface area contributed by atoms with E-state index in [2.05, 4.69) is 25.4 Å². The molecule has 1 aliphatic heterocycles. The first kappa shape index (κ1) is 13.1. The van der Waals surface area contributed by atoms with Crippen molar-refractivity contribution in [3.05, 3.63) is 35.7 Å². The largest absolute Gasteiger partial charge is 0.287 e. The third kappa shape index (κ3) is 2.75. The SMILES string of the molecule is C=Cc1cc(C(C)C)c(CN2CC(F)(F)C2)cn1. The number of rotatable bonds is 4. The number of alkyl halides is 2. The average Bonchev–Trinajstić information content (AvgIpc) is 2.26. The summed E-state index contributed by atoms with van der Waals surface area (Å²) in [5, 5.41) is 0. The van der Waals surface area contributed by atoms with E-state index < -0.39 is 5.92 Å². The predicted molar refractivity (Wildman–Crippen MR) is 68.6 cm³/mol. The predicted octanol–water partition coefficient (Wildman–Crippen LogP) is 3.30. The Labute approximate surface area is 106 Å². The van der Waals surface area contributed by atoms with Gasteiger partial charge in [-0.15, -0.1) is 0 Å². The Morgan fingerprint density at radius 3 is 2.67 bits per heavy atom. The first-order chi connectivity index (χ1) is 8.41. The van der Waals surface area contributed by atoms with Gasteiger partial charge in [0.05, 0.1) is 18.8 Å². The van der Waals surface area contributed by atoms with Gasteiger partial charge in [0, 0.05) is 12.7 Å². The van der Waals surface area contributed by atoms with Gasteiger partial charge in [-0.3, -0.25) is 9.88 Å². The van der Waals surface area contributed by atoms with E-state index in [4.69, 9.17) is 0 Å². The molecule has 98 valence electrons. The van der Waals surface area contributed by atoms with Crippen molar-refractivity contribution in [1.82, 2.24) is 9.88 Å². The summed E-state index contributed by atoms with van der Waals surface area (Å²) in [4.78, 5) is 6.00. The van der Waals surface area contributed by atoms with Gasteiger partial charge in [-0.1, -0.05) is 20.4 Å². The van der Waals surface area contributed by atoms with Crippen LogP contribution in [0.2, 0.25) is 0 Å². The summed E-state index contributed by atoms with van der Waals surface area (Å²) in [5.74, 6) is -2.16. The first-order valence-corrected chi connectivity index (χ1v) is 6.13. The van der Waals surface area contributed by atoms with Crippen LogP contribution in [0.4, 0.5) is 8.78 Å². The molecule has 4 heteroatoms. The molecule has 0 amide bonds. The molecule has 0 radical (unpaired) electrons. The Bertz CT molecular complexity index is 447. The van der Waals surface area contributed by atoms with E-state index in [1.807, 2.05) is 6.07 Å². The summed E-state index contributed by atoms with van der Waals surface area (Å²) in [6, 6.07) is 1.99. The summed E-state index contributed by atoms with van der Waals surface area (Å²) in [6.45, 7) is 8.14. The second-order valence-electron chi connectivity index (χ2n) is 5.17. The van der Waals surface area contributed by atoms with Gasteiger partial charge in [0.25, 0.3) is 5.92 Å². The monoisotopic (exact) mass is 252 g/mol. The topological polar surface area (TPSA) is 16.1 Å². The first-order valence-electron chi connectivity index (χ1n) is 6.13. The van der Waals surface area contributed by atoms with Gasteiger partial charge in [0.15, 0.2) is 0 Å². The van der Waals surface area contributed by atoms with E-state index in [1.54, 1.807) is 17.2 Å². The molecule has 1 saturated heterocycles. The second kappa shape index (κ2) is 4.76. The van der Waals surface area contributed by atoms with Crippen LogP contribution in [0, 0.1) is 0 Å². The van der Waals surface area contributed by atoms with Crippen LogP contribution < -0.4 is 0 Å². The lowest BCUT2D eigenvalue weighted by Gasteiger charge is -2.39. The number of hydrogen-bond donors (Lipinski definition) is 0. The number of aromatic nitrogens is 1. The number of pyridine rings is 1. The van der Waals surface area contributed by atoms with Crippen LogP contribution in [0.15, 0.2) is 18.8 Å². The molecule has 0 unspecified atom stereocenters. The van der Waals surface area contributed by atoms with Crippen molar-refractivity contribution in [2.24, 2.45) is 0 Å². The Kier molecular flexibility index (Phi) is 3.48. The zero-order chi connectivity index (χ0) is 13.3. The van der Waals surface area contributed by atoms with Crippen molar-refractivity contribution >= 4 is 6.08 Å². The highest BCUT2D eigenvalue weighted by atomic mass is 19.3. The molecule has 1 aromatic heterocycles. The van der Waals surface area contributed by atoms with Gasteiger partial charge < -0.3 is 0 Å². The normalized spacial score (nSPS) is 18.7. The average molecular weight is 252 g/mol. The van der Waals surface area contributed by atoms with Gasteiger partial charge in [-0.25, -0.2) is 8.78 Å². The Morgan fingerprint density at radius 1 is 1.50 bits per heavy atom. The smallest absolute Gasteiger partial charge is 0.272 e. The minimum absolute atomic E-state index is 0.145. The summed E-state index contributed by atoms with van der Waals surface area (Å²) < 4.78 is 25.6. The highest BCUT2D eigenvalue weighted by molar-refractivity contribution is 5.45. The number of halogens is 2. The van der Waals surface area contributed by atoms with Crippen molar-refractivity contribution < 1.29 is 8.78 Å². The highest BCUT2D eigenvalue weighted by Crippen LogP contribution is 2.30. The zero-order valence-corrected chi connectivity index (χ0v) is 10.8. The lowest BCUT2D eigenvalue weighted by molar-refractivity contribution is -0.134. The van der Waals surface area contributed by atoms with E-state index in [0.29, 0.717) is 12.5 Å². The molecule has 1 aliphatic rings. The molecular formula is C14H18F2N2. The van der Waals surface area contributed by atoms with Crippen LogP contribution in [0.1, 0.15) is 36.6 Å². The van der Waals surface area contributed by atoms with Gasteiger partial charge in [0.2, 0.25) is 0 Å². The molecule has 0 aliphatic carbocycles. The van der Waals surface area contributed by atoms with E-state index in [-0.39, 0.29) is 13.1 Å². The third-order valence-electron chi connectivity index (χ3n) is 3.18. The van der Waals surface area contributed by atoms with Crippen molar-refractivity contribution in [2.75, 3.05) is 13.1 Å². The lowest BCUT2D eigenvalue weighted by Crippen LogP contribution is -2.55. The maximum Gasteiger partial charge on any atom is 0.272 e. The lowest BCUT2D eigenvalue weighted by atomic mass is 9.96. The minimum atomic E-state index is -2.51. The number of nitrogens with zero attached hydrogens (tertiary/aromatic N) is 2. The standard InChI is InChI=1S/C14H18F2N2/c1-4-12-5-13(10(2)3)11(6-17-12)7-18-8-14(15,16)9-18/h4-6,10H,1,7-9H2,2-3H3. The van der Waals surface area contributed by atoms with Crippen LogP contribution in [-0.4, -0.2) is 28.9 Å². The molecule has 0 atom stereocenters. The Hall–Kier alpha value is -1.29. The molecular weight excluding hydrogens is 234 g/mol. The van der Waals surface area contributed by atoms with Gasteiger partial charge >= 0.3 is 0 Å². The second-order valence-corrected chi connectivity index (χ2v) is 5.17. The zero-order valence-electron chi connectivity index (χ0n) is 10.8. The summed E-state index contributed by atoms with van der Waals surface area (Å²) >= 11 is 0. The minimum Gasteiger partial charge on any atom is -0.287 e. The van der Waals surface area contributed by atoms with Crippen molar-refractivity contribution in [3.8, 4) is 0 Å². The van der Waals surface area contributed by atoms with Crippen molar-refractivity contribution in [3.63, 3.8) is 0 Å². The van der Waals surface area contributed by atoms with Crippen LogP contribution >= 0.6 is 0 Å². The molecule has 2 heterocycles. The Balaban J connectivity index is 2.15. The fraction of sp³-hybridized carbons (Fsp3) is 0.500. The third-order valence-corrected chi connectivity index (χ3v) is 3.18. The van der Waals surface area contributed by atoms with Crippen LogP contribution in [0.5, 0.6) is 0 Å². The molecule has 1 aromatic rings. The molecule has 2 rings (SSSR count). The van der Waals surface area contributed by atoms with Crippen LogP contribution in [0.3, 0.4) is 0 Å². The fourth-order valence-corrected chi connectivity index (χ4v) is 2.26. The Morgan fingerprint density at radius 2 is 2.17 bits per heavy atom. The maximum atomic E-state index is 12.8. The molecule has 0 N–H and O–H groups in total. The van der Waals surface area contributed by atoms with E-state index >= 15 is 0 Å².